The molecule has 1 amide bonds. The SMILES string of the molecule is C/C(=N/NC(=O)COc1ccccc1C)c1ccc(F)cc1. The number of ether oxygens (including phenoxy) is 1. The topological polar surface area (TPSA) is 50.7 Å². The maximum atomic E-state index is 12.8. The van der Waals surface area contributed by atoms with Gasteiger partial charge < -0.3 is 4.74 Å². The number of rotatable bonds is 5. The molecule has 22 heavy (non-hydrogen) atoms. The number of nitrogens with zero attached hydrogens (tertiary/aromatic N) is 1. The summed E-state index contributed by atoms with van der Waals surface area (Å²) >= 11 is 0. The lowest BCUT2D eigenvalue weighted by Crippen LogP contribution is -2.25. The Hall–Kier alpha value is -2.69. The van der Waals surface area contributed by atoms with Crippen molar-refractivity contribution < 1.29 is 13.9 Å². The van der Waals surface area contributed by atoms with Crippen molar-refractivity contribution in [3.63, 3.8) is 0 Å². The fraction of sp³-hybridized carbons (Fsp3) is 0.176. The molecule has 0 saturated carbocycles. The highest BCUT2D eigenvalue weighted by Gasteiger charge is 2.04. The van der Waals surface area contributed by atoms with Crippen molar-refractivity contribution >= 4 is 11.6 Å². The molecule has 0 radical (unpaired) electrons. The van der Waals surface area contributed by atoms with E-state index in [0.29, 0.717) is 11.5 Å². The molecule has 2 rings (SSSR count). The van der Waals surface area contributed by atoms with Crippen molar-refractivity contribution in [2.45, 2.75) is 13.8 Å². The van der Waals surface area contributed by atoms with Crippen LogP contribution in [0.4, 0.5) is 4.39 Å². The number of aryl methyl sites for hydroxylation is 1. The molecule has 0 heterocycles. The minimum Gasteiger partial charge on any atom is -0.483 e. The van der Waals surface area contributed by atoms with Crippen LogP contribution in [0.1, 0.15) is 18.1 Å². The Morgan fingerprint density at radius 2 is 1.86 bits per heavy atom. The van der Waals surface area contributed by atoms with Crippen molar-refractivity contribution in [3.05, 3.63) is 65.5 Å². The van der Waals surface area contributed by atoms with E-state index in [9.17, 15) is 9.18 Å². The number of halogens is 1. The van der Waals surface area contributed by atoms with Crippen molar-refractivity contribution in [2.75, 3.05) is 6.61 Å². The second-order valence-electron chi connectivity index (χ2n) is 4.79. The quantitative estimate of drug-likeness (QED) is 0.681. The standard InChI is InChI=1S/C17H17FN2O2/c1-12-5-3-4-6-16(12)22-11-17(21)20-19-13(2)14-7-9-15(18)10-8-14/h3-10H,11H2,1-2H3,(H,20,21)/b19-13-. The number of carbonyl (C=O) groups excluding carboxylic acids is 1. The van der Waals surface area contributed by atoms with E-state index < -0.39 is 0 Å². The molecule has 0 aliphatic carbocycles. The van der Waals surface area contributed by atoms with Gasteiger partial charge in [0.2, 0.25) is 0 Å². The molecule has 0 unspecified atom stereocenters. The summed E-state index contributed by atoms with van der Waals surface area (Å²) in [5.74, 6) is -0.00572. The van der Waals surface area contributed by atoms with E-state index in [2.05, 4.69) is 10.5 Å². The number of hydrogen-bond donors (Lipinski definition) is 1. The average Bonchev–Trinajstić information content (AvgIpc) is 2.52. The van der Waals surface area contributed by atoms with Crippen molar-refractivity contribution in [1.29, 1.82) is 0 Å². The van der Waals surface area contributed by atoms with Crippen LogP contribution >= 0.6 is 0 Å². The summed E-state index contributed by atoms with van der Waals surface area (Å²) in [4.78, 5) is 11.7. The Morgan fingerprint density at radius 1 is 1.18 bits per heavy atom. The molecule has 0 aliphatic rings. The molecule has 0 fully saturated rings. The summed E-state index contributed by atoms with van der Waals surface area (Å²) < 4.78 is 18.3. The van der Waals surface area contributed by atoms with Gasteiger partial charge in [-0.1, -0.05) is 30.3 Å². The summed E-state index contributed by atoms with van der Waals surface area (Å²) in [5, 5.41) is 3.97. The predicted octanol–water partition coefficient (Wildman–Crippen LogP) is 3.05. The first kappa shape index (κ1) is 15.7. The molecule has 2 aromatic carbocycles. The van der Waals surface area contributed by atoms with E-state index in [1.54, 1.807) is 25.1 Å². The number of nitrogens with one attached hydrogen (secondary N) is 1. The zero-order valence-electron chi connectivity index (χ0n) is 12.5. The molecule has 0 aromatic heterocycles. The summed E-state index contributed by atoms with van der Waals surface area (Å²) in [6, 6.07) is 13.3. The third-order valence-electron chi connectivity index (χ3n) is 3.06. The highest BCUT2D eigenvalue weighted by atomic mass is 19.1. The summed E-state index contributed by atoms with van der Waals surface area (Å²) in [7, 11) is 0. The second-order valence-corrected chi connectivity index (χ2v) is 4.79. The summed E-state index contributed by atoms with van der Waals surface area (Å²) in [6.07, 6.45) is 0. The van der Waals surface area contributed by atoms with E-state index in [0.717, 1.165) is 11.1 Å². The van der Waals surface area contributed by atoms with Gasteiger partial charge in [0.25, 0.3) is 5.91 Å². The molecule has 4 nitrogen and oxygen atoms in total. The van der Waals surface area contributed by atoms with Crippen LogP contribution in [0.5, 0.6) is 5.75 Å². The lowest BCUT2D eigenvalue weighted by atomic mass is 10.1. The fourth-order valence-electron chi connectivity index (χ4n) is 1.80. The van der Waals surface area contributed by atoms with Crippen LogP contribution in [0.3, 0.4) is 0 Å². The number of benzene rings is 2. The molecule has 5 heteroatoms. The molecule has 0 atom stereocenters. The van der Waals surface area contributed by atoms with E-state index in [4.69, 9.17) is 4.74 Å². The molecule has 1 N–H and O–H groups in total. The van der Waals surface area contributed by atoms with E-state index in [-0.39, 0.29) is 18.3 Å². The van der Waals surface area contributed by atoms with Crippen molar-refractivity contribution in [2.24, 2.45) is 5.10 Å². The lowest BCUT2D eigenvalue weighted by molar-refractivity contribution is -0.123. The first-order valence-corrected chi connectivity index (χ1v) is 6.84. The summed E-state index contributed by atoms with van der Waals surface area (Å²) in [6.45, 7) is 3.52. The van der Waals surface area contributed by atoms with Crippen molar-refractivity contribution in [1.82, 2.24) is 5.43 Å². The zero-order chi connectivity index (χ0) is 15.9. The summed E-state index contributed by atoms with van der Waals surface area (Å²) in [5.41, 5.74) is 4.70. The van der Waals surface area contributed by atoms with Gasteiger partial charge in [-0.2, -0.15) is 5.10 Å². The molecule has 0 saturated heterocycles. The normalized spacial score (nSPS) is 11.1. The van der Waals surface area contributed by atoms with Gasteiger partial charge in [0.05, 0.1) is 5.71 Å². The van der Waals surface area contributed by atoms with Crippen LogP contribution in [0.2, 0.25) is 0 Å². The van der Waals surface area contributed by atoms with Crippen LogP contribution < -0.4 is 10.2 Å². The Labute approximate surface area is 128 Å². The molecular weight excluding hydrogens is 283 g/mol. The third kappa shape index (κ3) is 4.41. The molecular formula is C17H17FN2O2. The molecule has 0 bridgehead atoms. The molecule has 114 valence electrons. The number of carbonyl (C=O) groups is 1. The van der Waals surface area contributed by atoms with Gasteiger partial charge in [-0.3, -0.25) is 4.79 Å². The lowest BCUT2D eigenvalue weighted by Gasteiger charge is -2.08. The number of hydrogen-bond acceptors (Lipinski definition) is 3. The minimum absolute atomic E-state index is 0.120. The smallest absolute Gasteiger partial charge is 0.277 e. The minimum atomic E-state index is -0.357. The number of para-hydroxylation sites is 1. The highest BCUT2D eigenvalue weighted by Crippen LogP contribution is 2.15. The first-order valence-electron chi connectivity index (χ1n) is 6.84. The predicted molar refractivity (Wildman–Crippen MR) is 83.4 cm³/mol. The van der Waals surface area contributed by atoms with Crippen LogP contribution in [-0.2, 0) is 4.79 Å². The van der Waals surface area contributed by atoms with Crippen LogP contribution in [-0.4, -0.2) is 18.2 Å². The third-order valence-corrected chi connectivity index (χ3v) is 3.06. The second kappa shape index (κ2) is 7.36. The van der Waals surface area contributed by atoms with Gasteiger partial charge in [0.1, 0.15) is 11.6 Å². The molecule has 0 aliphatic heterocycles. The van der Waals surface area contributed by atoms with Gasteiger partial charge in [-0.15, -0.1) is 0 Å². The zero-order valence-corrected chi connectivity index (χ0v) is 12.5. The van der Waals surface area contributed by atoms with E-state index in [1.807, 2.05) is 25.1 Å². The van der Waals surface area contributed by atoms with Crippen LogP contribution in [0, 0.1) is 12.7 Å². The highest BCUT2D eigenvalue weighted by molar-refractivity contribution is 5.99. The number of amides is 1. The largest absolute Gasteiger partial charge is 0.483 e. The van der Waals surface area contributed by atoms with Gasteiger partial charge in [0, 0.05) is 0 Å². The molecule has 0 spiro atoms. The average molecular weight is 300 g/mol. The Bertz CT molecular complexity index is 681. The Balaban J connectivity index is 1.88. The van der Waals surface area contributed by atoms with E-state index in [1.165, 1.54) is 12.1 Å². The van der Waals surface area contributed by atoms with E-state index >= 15 is 0 Å². The first-order chi connectivity index (χ1) is 10.6. The van der Waals surface area contributed by atoms with Gasteiger partial charge in [0.15, 0.2) is 6.61 Å². The maximum absolute atomic E-state index is 12.8. The fourth-order valence-corrected chi connectivity index (χ4v) is 1.80. The van der Waals surface area contributed by atoms with Crippen molar-refractivity contribution in [3.8, 4) is 5.75 Å². The number of hydrazone groups is 1. The van der Waals surface area contributed by atoms with Gasteiger partial charge in [-0.25, -0.2) is 9.82 Å². The van der Waals surface area contributed by atoms with Crippen LogP contribution in [0.15, 0.2) is 53.6 Å². The molecule has 2 aromatic rings. The van der Waals surface area contributed by atoms with Gasteiger partial charge in [-0.05, 0) is 43.2 Å². The van der Waals surface area contributed by atoms with Crippen LogP contribution in [0.25, 0.3) is 0 Å². The Morgan fingerprint density at radius 3 is 2.55 bits per heavy atom. The monoisotopic (exact) mass is 300 g/mol. The maximum Gasteiger partial charge on any atom is 0.277 e. The van der Waals surface area contributed by atoms with Gasteiger partial charge >= 0.3 is 0 Å². The Kier molecular flexibility index (Phi) is 5.25.